The van der Waals surface area contributed by atoms with E-state index in [2.05, 4.69) is 15.4 Å². The van der Waals surface area contributed by atoms with Crippen molar-refractivity contribution in [2.45, 2.75) is 6.92 Å². The van der Waals surface area contributed by atoms with Crippen molar-refractivity contribution in [3.8, 4) is 11.9 Å². The molecule has 0 aromatic carbocycles. The molecule has 1 N–H and O–H groups in total. The van der Waals surface area contributed by atoms with E-state index in [1.54, 1.807) is 25.4 Å². The predicted molar refractivity (Wildman–Crippen MR) is 71.3 cm³/mol. The number of nitrogens with one attached hydrogen (secondary N) is 1. The first-order valence-electron chi connectivity index (χ1n) is 5.98. The Hall–Kier alpha value is -2.88. The first-order chi connectivity index (χ1) is 9.67. The zero-order valence-corrected chi connectivity index (χ0v) is 11.1. The summed E-state index contributed by atoms with van der Waals surface area (Å²) < 4.78 is 6.73. The largest absolute Gasteiger partial charge is 0.477 e. The second-order valence-electron chi connectivity index (χ2n) is 3.89. The van der Waals surface area contributed by atoms with Gasteiger partial charge in [-0.15, -0.1) is 0 Å². The number of aromatic nitrogens is 3. The molecule has 0 saturated heterocycles. The summed E-state index contributed by atoms with van der Waals surface area (Å²) in [6.45, 7) is 2.22. The number of amides is 1. The number of nitriles is 1. The maximum Gasteiger partial charge on any atom is 0.262 e. The van der Waals surface area contributed by atoms with Gasteiger partial charge in [-0.1, -0.05) is 0 Å². The summed E-state index contributed by atoms with van der Waals surface area (Å²) >= 11 is 0. The van der Waals surface area contributed by atoms with Gasteiger partial charge >= 0.3 is 0 Å². The van der Waals surface area contributed by atoms with Gasteiger partial charge in [0.05, 0.1) is 12.8 Å². The summed E-state index contributed by atoms with van der Waals surface area (Å²) in [6.07, 6.45) is 2.94. The molecule has 7 nitrogen and oxygen atoms in total. The predicted octanol–water partition coefficient (Wildman–Crippen LogP) is 1.34. The zero-order valence-electron chi connectivity index (χ0n) is 11.1. The lowest BCUT2D eigenvalue weighted by Gasteiger charge is -2.09. The van der Waals surface area contributed by atoms with E-state index < -0.39 is 5.91 Å². The van der Waals surface area contributed by atoms with Gasteiger partial charge in [0.1, 0.15) is 23.0 Å². The van der Waals surface area contributed by atoms with Crippen LogP contribution >= 0.6 is 0 Å². The third kappa shape index (κ3) is 2.59. The Morgan fingerprint density at radius 3 is 3.10 bits per heavy atom. The summed E-state index contributed by atoms with van der Waals surface area (Å²) in [7, 11) is 1.64. The van der Waals surface area contributed by atoms with Crippen molar-refractivity contribution in [1.29, 1.82) is 5.26 Å². The van der Waals surface area contributed by atoms with Crippen LogP contribution < -0.4 is 10.1 Å². The van der Waals surface area contributed by atoms with Gasteiger partial charge < -0.3 is 10.1 Å². The average Bonchev–Trinajstić information content (AvgIpc) is 2.80. The van der Waals surface area contributed by atoms with Crippen molar-refractivity contribution in [3.05, 3.63) is 35.7 Å². The van der Waals surface area contributed by atoms with Crippen LogP contribution in [0.15, 0.2) is 24.5 Å². The highest BCUT2D eigenvalue weighted by Gasteiger charge is 2.17. The average molecular weight is 271 g/mol. The lowest BCUT2D eigenvalue weighted by Crippen LogP contribution is -2.17. The van der Waals surface area contributed by atoms with Crippen LogP contribution in [-0.2, 0) is 7.05 Å². The molecule has 0 radical (unpaired) electrons. The summed E-state index contributed by atoms with van der Waals surface area (Å²) in [5.41, 5.74) is 0.599. The molecule has 0 spiro atoms. The van der Waals surface area contributed by atoms with Gasteiger partial charge in [0, 0.05) is 13.2 Å². The van der Waals surface area contributed by atoms with Crippen molar-refractivity contribution < 1.29 is 9.53 Å². The Bertz CT molecular complexity index is 672. The third-order valence-electron chi connectivity index (χ3n) is 2.59. The van der Waals surface area contributed by atoms with E-state index >= 15 is 0 Å². The molecule has 0 aliphatic heterocycles. The Labute approximate surface area is 115 Å². The van der Waals surface area contributed by atoms with E-state index in [-0.39, 0.29) is 5.88 Å². The zero-order chi connectivity index (χ0) is 14.5. The Kier molecular flexibility index (Phi) is 3.96. The lowest BCUT2D eigenvalue weighted by molar-refractivity contribution is 0.102. The van der Waals surface area contributed by atoms with Crippen molar-refractivity contribution in [3.63, 3.8) is 0 Å². The molecular weight excluding hydrogens is 258 g/mol. The van der Waals surface area contributed by atoms with Crippen molar-refractivity contribution in [2.24, 2.45) is 7.05 Å². The normalized spacial score (nSPS) is 9.85. The standard InChI is InChI=1S/C13H13N5O2/c1-3-20-13-10(5-4-6-15-13)12(19)17-11-9(7-14)8-16-18(11)2/h4-6,8H,3H2,1-2H3,(H,17,19). The number of carbonyl (C=O) groups is 1. The summed E-state index contributed by atoms with van der Waals surface area (Å²) in [6, 6.07) is 5.22. The van der Waals surface area contributed by atoms with E-state index in [1.165, 1.54) is 10.9 Å². The molecule has 2 aromatic rings. The van der Waals surface area contributed by atoms with Gasteiger partial charge in [0.2, 0.25) is 5.88 Å². The number of hydrogen-bond donors (Lipinski definition) is 1. The molecule has 2 aromatic heterocycles. The second-order valence-corrected chi connectivity index (χ2v) is 3.89. The maximum absolute atomic E-state index is 12.2. The maximum atomic E-state index is 12.2. The molecule has 2 rings (SSSR count). The number of hydrogen-bond acceptors (Lipinski definition) is 5. The van der Waals surface area contributed by atoms with Crippen LogP contribution in [0.4, 0.5) is 5.82 Å². The fraction of sp³-hybridized carbons (Fsp3) is 0.231. The highest BCUT2D eigenvalue weighted by Crippen LogP contribution is 2.18. The highest BCUT2D eigenvalue weighted by atomic mass is 16.5. The van der Waals surface area contributed by atoms with Crippen LogP contribution in [0.25, 0.3) is 0 Å². The molecule has 0 aliphatic carbocycles. The summed E-state index contributed by atoms with van der Waals surface area (Å²) in [5.74, 6) is 0.193. The van der Waals surface area contributed by atoms with Crippen molar-refractivity contribution in [1.82, 2.24) is 14.8 Å². The highest BCUT2D eigenvalue weighted by molar-refractivity contribution is 6.05. The number of pyridine rings is 1. The minimum atomic E-state index is -0.401. The molecular formula is C13H13N5O2. The van der Waals surface area contributed by atoms with Gasteiger partial charge in [-0.3, -0.25) is 9.48 Å². The summed E-state index contributed by atoms with van der Waals surface area (Å²) in [4.78, 5) is 16.3. The van der Waals surface area contributed by atoms with Crippen LogP contribution in [0.2, 0.25) is 0 Å². The minimum absolute atomic E-state index is 0.258. The van der Waals surface area contributed by atoms with Gasteiger partial charge in [0.25, 0.3) is 5.91 Å². The van der Waals surface area contributed by atoms with E-state index in [0.29, 0.717) is 23.6 Å². The van der Waals surface area contributed by atoms with E-state index in [1.807, 2.05) is 13.0 Å². The Morgan fingerprint density at radius 1 is 1.60 bits per heavy atom. The van der Waals surface area contributed by atoms with Gasteiger partial charge in [-0.25, -0.2) is 4.98 Å². The first-order valence-corrected chi connectivity index (χ1v) is 5.98. The lowest BCUT2D eigenvalue weighted by atomic mass is 10.2. The fourth-order valence-electron chi connectivity index (χ4n) is 1.66. The Balaban J connectivity index is 2.29. The van der Waals surface area contributed by atoms with Crippen LogP contribution in [-0.4, -0.2) is 27.3 Å². The van der Waals surface area contributed by atoms with E-state index in [4.69, 9.17) is 10.00 Å². The van der Waals surface area contributed by atoms with Crippen molar-refractivity contribution in [2.75, 3.05) is 11.9 Å². The smallest absolute Gasteiger partial charge is 0.262 e. The molecule has 102 valence electrons. The summed E-state index contributed by atoms with van der Waals surface area (Å²) in [5, 5.41) is 15.5. The molecule has 7 heteroatoms. The van der Waals surface area contributed by atoms with Gasteiger partial charge in [-0.05, 0) is 19.1 Å². The molecule has 0 unspecified atom stereocenters. The van der Waals surface area contributed by atoms with Gasteiger partial charge in [0.15, 0.2) is 0 Å². The number of anilines is 1. The molecule has 0 bridgehead atoms. The van der Waals surface area contributed by atoms with E-state index in [0.717, 1.165) is 0 Å². The van der Waals surface area contributed by atoms with Crippen LogP contribution in [0.3, 0.4) is 0 Å². The van der Waals surface area contributed by atoms with Crippen LogP contribution in [0.1, 0.15) is 22.8 Å². The third-order valence-corrected chi connectivity index (χ3v) is 2.59. The number of carbonyl (C=O) groups excluding carboxylic acids is 1. The molecule has 1 amide bonds. The fourth-order valence-corrected chi connectivity index (χ4v) is 1.66. The SMILES string of the molecule is CCOc1ncccc1C(=O)Nc1c(C#N)cnn1C. The molecule has 0 saturated carbocycles. The monoisotopic (exact) mass is 271 g/mol. The minimum Gasteiger partial charge on any atom is -0.477 e. The number of aryl methyl sites for hydroxylation is 1. The van der Waals surface area contributed by atoms with E-state index in [9.17, 15) is 4.79 Å². The first kappa shape index (κ1) is 13.5. The molecule has 0 aliphatic rings. The molecule has 20 heavy (non-hydrogen) atoms. The van der Waals surface area contributed by atoms with Gasteiger partial charge in [-0.2, -0.15) is 10.4 Å². The Morgan fingerprint density at radius 2 is 2.40 bits per heavy atom. The number of rotatable bonds is 4. The molecule has 0 atom stereocenters. The van der Waals surface area contributed by atoms with Crippen LogP contribution in [0.5, 0.6) is 5.88 Å². The second kappa shape index (κ2) is 5.84. The number of ether oxygens (including phenoxy) is 1. The van der Waals surface area contributed by atoms with Crippen LogP contribution in [0, 0.1) is 11.3 Å². The molecule has 0 fully saturated rings. The quantitative estimate of drug-likeness (QED) is 0.905. The topological polar surface area (TPSA) is 92.8 Å². The number of nitrogens with zero attached hydrogens (tertiary/aromatic N) is 4. The van der Waals surface area contributed by atoms with Crippen molar-refractivity contribution >= 4 is 11.7 Å². The molecule has 2 heterocycles.